The molecule has 0 spiro atoms. The van der Waals surface area contributed by atoms with Crippen LogP contribution in [0.4, 0.5) is 5.69 Å². The van der Waals surface area contributed by atoms with Crippen molar-refractivity contribution in [2.75, 3.05) is 25.0 Å². The van der Waals surface area contributed by atoms with Gasteiger partial charge in [0.2, 0.25) is 0 Å². The normalized spacial score (nSPS) is 22.5. The Labute approximate surface area is 108 Å². The van der Waals surface area contributed by atoms with Gasteiger partial charge >= 0.3 is 0 Å². The maximum absolute atomic E-state index is 12.4. The first-order chi connectivity index (χ1) is 8.74. The minimum Gasteiger partial charge on any atom is -0.385 e. The Morgan fingerprint density at radius 2 is 2.33 bits per heavy atom. The van der Waals surface area contributed by atoms with Crippen LogP contribution in [0, 0.1) is 5.92 Å². The zero-order valence-electron chi connectivity index (χ0n) is 10.9. The Balaban J connectivity index is 1.81. The Kier molecular flexibility index (Phi) is 2.98. The third kappa shape index (κ3) is 2.09. The van der Waals surface area contributed by atoms with E-state index in [1.54, 1.807) is 0 Å². The number of fused-ring (bicyclic) bond motifs is 1. The lowest BCUT2D eigenvalue weighted by molar-refractivity contribution is 0.0788. The Morgan fingerprint density at radius 1 is 1.44 bits per heavy atom. The predicted molar refractivity (Wildman–Crippen MR) is 72.9 cm³/mol. The van der Waals surface area contributed by atoms with Crippen molar-refractivity contribution in [1.29, 1.82) is 0 Å². The van der Waals surface area contributed by atoms with E-state index >= 15 is 0 Å². The van der Waals surface area contributed by atoms with E-state index in [4.69, 9.17) is 0 Å². The van der Waals surface area contributed by atoms with Crippen LogP contribution in [0.25, 0.3) is 0 Å². The van der Waals surface area contributed by atoms with Crippen LogP contribution in [0.15, 0.2) is 18.2 Å². The second-order valence-corrected chi connectivity index (χ2v) is 5.55. The summed E-state index contributed by atoms with van der Waals surface area (Å²) in [4.78, 5) is 14.4. The molecule has 1 saturated heterocycles. The van der Waals surface area contributed by atoms with E-state index in [1.807, 2.05) is 11.0 Å². The maximum Gasteiger partial charge on any atom is 0.253 e. The van der Waals surface area contributed by atoms with Crippen molar-refractivity contribution in [3.63, 3.8) is 0 Å². The SMILES string of the molecule is CC1CCN(C(=O)c2ccc3c(c2)CCCN3)C1. The number of anilines is 1. The summed E-state index contributed by atoms with van der Waals surface area (Å²) in [5, 5.41) is 3.38. The molecule has 0 saturated carbocycles. The highest BCUT2D eigenvalue weighted by Gasteiger charge is 2.24. The molecule has 1 aromatic rings. The highest BCUT2D eigenvalue weighted by Crippen LogP contribution is 2.25. The van der Waals surface area contributed by atoms with Gasteiger partial charge in [0.1, 0.15) is 0 Å². The summed E-state index contributed by atoms with van der Waals surface area (Å²) in [6.45, 7) is 5.08. The van der Waals surface area contributed by atoms with Gasteiger partial charge in [-0.2, -0.15) is 0 Å². The molecule has 96 valence electrons. The molecule has 2 heterocycles. The maximum atomic E-state index is 12.4. The summed E-state index contributed by atoms with van der Waals surface area (Å²) < 4.78 is 0. The van der Waals surface area contributed by atoms with Gasteiger partial charge in [-0.15, -0.1) is 0 Å². The van der Waals surface area contributed by atoms with E-state index in [2.05, 4.69) is 24.4 Å². The molecule has 1 fully saturated rings. The zero-order valence-corrected chi connectivity index (χ0v) is 10.9. The summed E-state index contributed by atoms with van der Waals surface area (Å²) in [7, 11) is 0. The number of benzene rings is 1. The lowest BCUT2D eigenvalue weighted by Gasteiger charge is -2.20. The van der Waals surface area contributed by atoms with Gasteiger partial charge in [-0.3, -0.25) is 4.79 Å². The number of nitrogens with one attached hydrogen (secondary N) is 1. The molecular weight excluding hydrogens is 224 g/mol. The number of amides is 1. The van der Waals surface area contributed by atoms with E-state index in [9.17, 15) is 4.79 Å². The number of likely N-dealkylation sites (tertiary alicyclic amines) is 1. The second-order valence-electron chi connectivity index (χ2n) is 5.55. The van der Waals surface area contributed by atoms with E-state index in [0.29, 0.717) is 5.92 Å². The van der Waals surface area contributed by atoms with Crippen LogP contribution in [-0.2, 0) is 6.42 Å². The first kappa shape index (κ1) is 11.6. The molecule has 1 aromatic carbocycles. The predicted octanol–water partition coefficient (Wildman–Crippen LogP) is 2.53. The highest BCUT2D eigenvalue weighted by atomic mass is 16.2. The minimum atomic E-state index is 0.202. The third-order valence-electron chi connectivity index (χ3n) is 4.00. The fourth-order valence-electron chi connectivity index (χ4n) is 2.91. The van der Waals surface area contributed by atoms with Crippen molar-refractivity contribution in [2.24, 2.45) is 5.92 Å². The Morgan fingerprint density at radius 3 is 3.11 bits per heavy atom. The topological polar surface area (TPSA) is 32.3 Å². The number of carbonyl (C=O) groups excluding carboxylic acids is 1. The first-order valence-electron chi connectivity index (χ1n) is 6.90. The van der Waals surface area contributed by atoms with Crippen molar-refractivity contribution in [2.45, 2.75) is 26.2 Å². The van der Waals surface area contributed by atoms with Gasteiger partial charge in [0, 0.05) is 30.9 Å². The van der Waals surface area contributed by atoms with Crippen LogP contribution in [0.5, 0.6) is 0 Å². The lowest BCUT2D eigenvalue weighted by atomic mass is 10.0. The standard InChI is InChI=1S/C15H20N2O/c1-11-6-8-17(10-11)15(18)13-4-5-14-12(9-13)3-2-7-16-14/h4-5,9,11,16H,2-3,6-8,10H2,1H3. The van der Waals surface area contributed by atoms with E-state index in [1.165, 1.54) is 11.3 Å². The number of hydrogen-bond acceptors (Lipinski definition) is 2. The second kappa shape index (κ2) is 4.63. The van der Waals surface area contributed by atoms with E-state index in [0.717, 1.165) is 44.5 Å². The van der Waals surface area contributed by atoms with Crippen molar-refractivity contribution in [1.82, 2.24) is 4.90 Å². The first-order valence-corrected chi connectivity index (χ1v) is 6.90. The zero-order chi connectivity index (χ0) is 12.5. The molecule has 1 atom stereocenters. The van der Waals surface area contributed by atoms with Gasteiger partial charge in [0.25, 0.3) is 5.91 Å². The van der Waals surface area contributed by atoms with Gasteiger partial charge in [0.05, 0.1) is 0 Å². The molecule has 0 radical (unpaired) electrons. The van der Waals surface area contributed by atoms with Gasteiger partial charge in [-0.25, -0.2) is 0 Å². The molecule has 0 aromatic heterocycles. The molecule has 3 rings (SSSR count). The Hall–Kier alpha value is -1.51. The smallest absolute Gasteiger partial charge is 0.253 e. The van der Waals surface area contributed by atoms with Crippen molar-refractivity contribution < 1.29 is 4.79 Å². The van der Waals surface area contributed by atoms with Crippen molar-refractivity contribution in [3.05, 3.63) is 29.3 Å². The Bertz CT molecular complexity index is 470. The summed E-state index contributed by atoms with van der Waals surface area (Å²) in [6.07, 6.45) is 3.38. The molecule has 1 amide bonds. The molecule has 0 bridgehead atoms. The monoisotopic (exact) mass is 244 g/mol. The molecule has 18 heavy (non-hydrogen) atoms. The molecule has 3 nitrogen and oxygen atoms in total. The number of carbonyl (C=O) groups is 1. The van der Waals surface area contributed by atoms with Gasteiger partial charge in [-0.05, 0) is 48.9 Å². The molecule has 0 aliphatic carbocycles. The molecular formula is C15H20N2O. The average molecular weight is 244 g/mol. The summed E-state index contributed by atoms with van der Waals surface area (Å²) in [5.74, 6) is 0.848. The van der Waals surface area contributed by atoms with Crippen LogP contribution in [0.1, 0.15) is 35.7 Å². The van der Waals surface area contributed by atoms with E-state index in [-0.39, 0.29) is 5.91 Å². The number of rotatable bonds is 1. The lowest BCUT2D eigenvalue weighted by Crippen LogP contribution is -2.28. The molecule has 3 heteroatoms. The third-order valence-corrected chi connectivity index (χ3v) is 4.00. The fourth-order valence-corrected chi connectivity index (χ4v) is 2.91. The molecule has 1 unspecified atom stereocenters. The molecule has 2 aliphatic heterocycles. The van der Waals surface area contributed by atoms with Crippen LogP contribution in [-0.4, -0.2) is 30.4 Å². The van der Waals surface area contributed by atoms with Crippen molar-refractivity contribution >= 4 is 11.6 Å². The van der Waals surface area contributed by atoms with Gasteiger partial charge < -0.3 is 10.2 Å². The molecule has 1 N–H and O–H groups in total. The average Bonchev–Trinajstić information content (AvgIpc) is 2.84. The fraction of sp³-hybridized carbons (Fsp3) is 0.533. The van der Waals surface area contributed by atoms with Crippen LogP contribution >= 0.6 is 0 Å². The van der Waals surface area contributed by atoms with Gasteiger partial charge in [-0.1, -0.05) is 6.92 Å². The van der Waals surface area contributed by atoms with Crippen molar-refractivity contribution in [3.8, 4) is 0 Å². The summed E-state index contributed by atoms with van der Waals surface area (Å²) in [5.41, 5.74) is 3.35. The summed E-state index contributed by atoms with van der Waals surface area (Å²) in [6, 6.07) is 6.09. The highest BCUT2D eigenvalue weighted by molar-refractivity contribution is 5.95. The largest absolute Gasteiger partial charge is 0.385 e. The molecule has 2 aliphatic rings. The van der Waals surface area contributed by atoms with Crippen LogP contribution in [0.3, 0.4) is 0 Å². The van der Waals surface area contributed by atoms with E-state index < -0.39 is 0 Å². The van der Waals surface area contributed by atoms with Crippen LogP contribution in [0.2, 0.25) is 0 Å². The summed E-state index contributed by atoms with van der Waals surface area (Å²) >= 11 is 0. The number of aryl methyl sites for hydroxylation is 1. The quantitative estimate of drug-likeness (QED) is 0.823. The van der Waals surface area contributed by atoms with Crippen LogP contribution < -0.4 is 5.32 Å². The number of nitrogens with zero attached hydrogens (tertiary/aromatic N) is 1. The number of hydrogen-bond donors (Lipinski definition) is 1. The van der Waals surface area contributed by atoms with Gasteiger partial charge in [0.15, 0.2) is 0 Å². The minimum absolute atomic E-state index is 0.202.